The van der Waals surface area contributed by atoms with Gasteiger partial charge in [0.1, 0.15) is 17.9 Å². The Morgan fingerprint density at radius 2 is 1.68 bits per heavy atom. The molecule has 0 unspecified atom stereocenters. The topological polar surface area (TPSA) is 88.2 Å². The minimum atomic E-state index is -0.619. The molecule has 2 rings (SSSR count). The van der Waals surface area contributed by atoms with E-state index in [4.69, 9.17) is 21.1 Å². The number of halogens is 1. The molecule has 0 bridgehead atoms. The Bertz CT molecular complexity index is 766. The van der Waals surface area contributed by atoms with Crippen molar-refractivity contribution in [2.24, 2.45) is 0 Å². The van der Waals surface area contributed by atoms with Gasteiger partial charge in [-0.3, -0.25) is 9.59 Å². The number of hydrogen-bond donors (Lipinski definition) is 1. The lowest BCUT2D eigenvalue weighted by molar-refractivity contribution is -0.133. The fraction of sp³-hybridized carbons (Fsp3) is 0.591. The highest BCUT2D eigenvalue weighted by atomic mass is 35.5. The molecule has 1 N–H and O–H groups in total. The minimum Gasteiger partial charge on any atom is -0.492 e. The molecule has 0 aromatic heterocycles. The van der Waals surface area contributed by atoms with Crippen LogP contribution in [0.5, 0.6) is 5.75 Å². The number of rotatable bonds is 7. The van der Waals surface area contributed by atoms with E-state index >= 15 is 0 Å². The Morgan fingerprint density at radius 3 is 2.32 bits per heavy atom. The van der Waals surface area contributed by atoms with Crippen molar-refractivity contribution < 1.29 is 23.9 Å². The number of amides is 3. The monoisotopic (exact) mass is 453 g/mol. The molecule has 0 atom stereocenters. The average molecular weight is 454 g/mol. The van der Waals surface area contributed by atoms with Gasteiger partial charge in [0.25, 0.3) is 0 Å². The van der Waals surface area contributed by atoms with Crippen LogP contribution in [0.2, 0.25) is 5.02 Å². The number of ether oxygens (including phenoxy) is 2. The summed E-state index contributed by atoms with van der Waals surface area (Å²) in [4.78, 5) is 40.1. The number of carbonyl (C=O) groups excluding carboxylic acids is 3. The van der Waals surface area contributed by atoms with Crippen LogP contribution in [0, 0.1) is 0 Å². The summed E-state index contributed by atoms with van der Waals surface area (Å²) in [6.45, 7) is 7.64. The number of para-hydroxylation sites is 1. The molecule has 1 aliphatic rings. The summed E-state index contributed by atoms with van der Waals surface area (Å²) in [7, 11) is 0. The lowest BCUT2D eigenvalue weighted by Gasteiger charge is -2.23. The molecule has 1 aromatic carbocycles. The third-order valence-electron chi connectivity index (χ3n) is 4.61. The Labute approximate surface area is 188 Å². The van der Waals surface area contributed by atoms with Crippen LogP contribution < -0.4 is 10.1 Å². The molecule has 8 nitrogen and oxygen atoms in total. The van der Waals surface area contributed by atoms with Crippen molar-refractivity contribution in [2.45, 2.75) is 45.6 Å². The highest BCUT2D eigenvalue weighted by Crippen LogP contribution is 2.23. The number of alkyl carbamates (subject to hydrolysis) is 1. The lowest BCUT2D eigenvalue weighted by atomic mass is 10.2. The summed E-state index contributed by atoms with van der Waals surface area (Å²) >= 11 is 6.05. The fourth-order valence-electron chi connectivity index (χ4n) is 3.12. The second-order valence-electron chi connectivity index (χ2n) is 8.35. The van der Waals surface area contributed by atoms with Gasteiger partial charge in [0.15, 0.2) is 0 Å². The molecule has 1 saturated heterocycles. The van der Waals surface area contributed by atoms with Crippen molar-refractivity contribution >= 4 is 29.5 Å². The highest BCUT2D eigenvalue weighted by Gasteiger charge is 2.23. The summed E-state index contributed by atoms with van der Waals surface area (Å²) in [5.74, 6) is 0.470. The molecular weight excluding hydrogens is 422 g/mol. The van der Waals surface area contributed by atoms with Gasteiger partial charge in [-0.2, -0.15) is 0 Å². The van der Waals surface area contributed by atoms with Gasteiger partial charge < -0.3 is 24.6 Å². The van der Waals surface area contributed by atoms with Crippen molar-refractivity contribution in [3.63, 3.8) is 0 Å². The number of benzene rings is 1. The molecule has 1 aromatic rings. The summed E-state index contributed by atoms with van der Waals surface area (Å²) < 4.78 is 10.8. The first-order chi connectivity index (χ1) is 14.7. The van der Waals surface area contributed by atoms with Gasteiger partial charge in [0.05, 0.1) is 11.6 Å². The number of hydrogen-bond acceptors (Lipinski definition) is 5. The van der Waals surface area contributed by atoms with Crippen LogP contribution in [0.15, 0.2) is 24.3 Å². The van der Waals surface area contributed by atoms with E-state index in [1.54, 1.807) is 42.7 Å². The molecule has 1 heterocycles. The van der Waals surface area contributed by atoms with Crippen molar-refractivity contribution in [1.82, 2.24) is 15.1 Å². The zero-order chi connectivity index (χ0) is 22.9. The molecule has 31 heavy (non-hydrogen) atoms. The maximum absolute atomic E-state index is 12.5. The molecule has 1 fully saturated rings. The Balaban J connectivity index is 1.69. The SMILES string of the molecule is CC(C)(C)OC(=O)NCC(=O)N1CCCN(C(=O)CCCOc2ccccc2Cl)CC1. The molecule has 0 aliphatic carbocycles. The van der Waals surface area contributed by atoms with E-state index < -0.39 is 11.7 Å². The molecular formula is C22H32ClN3O5. The quantitative estimate of drug-likeness (QED) is 0.641. The second kappa shape index (κ2) is 11.8. The zero-order valence-electron chi connectivity index (χ0n) is 18.5. The van der Waals surface area contributed by atoms with Gasteiger partial charge in [-0.25, -0.2) is 4.79 Å². The highest BCUT2D eigenvalue weighted by molar-refractivity contribution is 6.32. The first kappa shape index (κ1) is 24.8. The smallest absolute Gasteiger partial charge is 0.408 e. The maximum Gasteiger partial charge on any atom is 0.408 e. The molecule has 0 spiro atoms. The van der Waals surface area contributed by atoms with E-state index in [1.807, 2.05) is 12.1 Å². The zero-order valence-corrected chi connectivity index (χ0v) is 19.2. The third-order valence-corrected chi connectivity index (χ3v) is 4.93. The first-order valence-electron chi connectivity index (χ1n) is 10.6. The normalized spacial score (nSPS) is 14.6. The third kappa shape index (κ3) is 9.04. The van der Waals surface area contributed by atoms with Crippen LogP contribution >= 0.6 is 11.6 Å². The first-order valence-corrected chi connectivity index (χ1v) is 10.9. The van der Waals surface area contributed by atoms with Crippen molar-refractivity contribution in [1.29, 1.82) is 0 Å². The second-order valence-corrected chi connectivity index (χ2v) is 8.76. The molecule has 0 saturated carbocycles. The summed E-state index contributed by atoms with van der Waals surface area (Å²) in [6.07, 6.45) is 1.04. The van der Waals surface area contributed by atoms with Gasteiger partial charge in [0, 0.05) is 32.6 Å². The number of nitrogens with one attached hydrogen (secondary N) is 1. The van der Waals surface area contributed by atoms with Crippen molar-refractivity contribution in [3.05, 3.63) is 29.3 Å². The van der Waals surface area contributed by atoms with E-state index in [1.165, 1.54) is 0 Å². The lowest BCUT2D eigenvalue weighted by Crippen LogP contribution is -2.43. The Morgan fingerprint density at radius 1 is 1.03 bits per heavy atom. The summed E-state index contributed by atoms with van der Waals surface area (Å²) in [6, 6.07) is 7.23. The Hall–Kier alpha value is -2.48. The van der Waals surface area contributed by atoms with E-state index in [2.05, 4.69) is 5.32 Å². The van der Waals surface area contributed by atoms with E-state index in [-0.39, 0.29) is 18.4 Å². The standard InChI is InChI=1S/C22H32ClN3O5/c1-22(2,3)31-21(29)24-16-20(28)26-12-7-11-25(13-14-26)19(27)10-6-15-30-18-9-5-4-8-17(18)23/h4-5,8-9H,6-7,10-16H2,1-3H3,(H,24,29). The molecule has 0 radical (unpaired) electrons. The minimum absolute atomic E-state index is 0.0453. The van der Waals surface area contributed by atoms with Crippen LogP contribution in [0.1, 0.15) is 40.0 Å². The largest absolute Gasteiger partial charge is 0.492 e. The molecule has 1 aliphatic heterocycles. The Kier molecular flexibility index (Phi) is 9.43. The molecule has 3 amide bonds. The van der Waals surface area contributed by atoms with Crippen LogP contribution in [-0.2, 0) is 14.3 Å². The van der Waals surface area contributed by atoms with E-state index in [0.717, 1.165) is 0 Å². The summed E-state index contributed by atoms with van der Waals surface area (Å²) in [5.41, 5.74) is -0.616. The van der Waals surface area contributed by atoms with Gasteiger partial charge in [0.2, 0.25) is 11.8 Å². The van der Waals surface area contributed by atoms with Gasteiger partial charge in [-0.15, -0.1) is 0 Å². The maximum atomic E-state index is 12.5. The predicted octanol–water partition coefficient (Wildman–Crippen LogP) is 3.08. The van der Waals surface area contributed by atoms with E-state index in [0.29, 0.717) is 62.8 Å². The van der Waals surface area contributed by atoms with Crippen LogP contribution in [0.25, 0.3) is 0 Å². The summed E-state index contributed by atoms with van der Waals surface area (Å²) in [5, 5.41) is 3.03. The van der Waals surface area contributed by atoms with Crippen molar-refractivity contribution in [2.75, 3.05) is 39.3 Å². The van der Waals surface area contributed by atoms with Gasteiger partial charge in [-0.1, -0.05) is 23.7 Å². The number of nitrogens with zero attached hydrogens (tertiary/aromatic N) is 2. The van der Waals surface area contributed by atoms with E-state index in [9.17, 15) is 14.4 Å². The van der Waals surface area contributed by atoms with Crippen LogP contribution in [-0.4, -0.2) is 72.6 Å². The van der Waals surface area contributed by atoms with Crippen LogP contribution in [0.3, 0.4) is 0 Å². The van der Waals surface area contributed by atoms with Gasteiger partial charge in [-0.05, 0) is 45.7 Å². The average Bonchev–Trinajstić information content (AvgIpc) is 2.95. The van der Waals surface area contributed by atoms with Crippen LogP contribution in [0.4, 0.5) is 4.79 Å². The molecule has 172 valence electrons. The van der Waals surface area contributed by atoms with Crippen molar-refractivity contribution in [3.8, 4) is 5.75 Å². The predicted molar refractivity (Wildman–Crippen MR) is 118 cm³/mol. The fourth-order valence-corrected chi connectivity index (χ4v) is 3.31. The number of carbonyl (C=O) groups is 3. The molecule has 9 heteroatoms. The van der Waals surface area contributed by atoms with Gasteiger partial charge >= 0.3 is 6.09 Å².